The first-order valence-electron chi connectivity index (χ1n) is 38.1. The Kier molecular flexibility index (Phi) is 42.5. The third-order valence-electron chi connectivity index (χ3n) is 14.4. The van der Waals surface area contributed by atoms with Gasteiger partial charge in [-0.2, -0.15) is 0 Å². The molecule has 8 amide bonds. The van der Waals surface area contributed by atoms with Gasteiger partial charge in [0, 0.05) is 51.4 Å². The highest BCUT2D eigenvalue weighted by molar-refractivity contribution is 5.99. The van der Waals surface area contributed by atoms with Crippen molar-refractivity contribution in [2.24, 2.45) is 5.73 Å². The molecule has 116 heavy (non-hydrogen) atoms. The van der Waals surface area contributed by atoms with E-state index < -0.39 is 321 Å². The second-order valence-electron chi connectivity index (χ2n) is 35.4. The summed E-state index contributed by atoms with van der Waals surface area (Å²) in [5.74, 6) is -21.3. The van der Waals surface area contributed by atoms with E-state index in [1.807, 2.05) is 0 Å². The maximum Gasteiger partial charge on any atom is 0.516 e. The zero-order valence-corrected chi connectivity index (χ0v) is 71.6. The number of ether oxygens (including phenoxy) is 9. The van der Waals surface area contributed by atoms with Gasteiger partial charge in [0.1, 0.15) is 93.1 Å². The maximum atomic E-state index is 15.2. The smallest absolute Gasteiger partial charge is 0.481 e. The normalized spacial score (nSPS) is 14.4. The lowest BCUT2D eigenvalue weighted by Crippen LogP contribution is -2.60. The molecule has 0 saturated carbocycles. The van der Waals surface area contributed by atoms with Gasteiger partial charge < -0.3 is 101 Å². The second-order valence-corrected chi connectivity index (χ2v) is 35.4. The lowest BCUT2D eigenvalue weighted by Gasteiger charge is -2.29. The SMILES string of the molecule is CC(C)(C)OC(=O)CC[C@H](NC(=O)[C@H](CCC(=O)OC(C)(C)C)NC(=O)[C@H](CCC(=O)OC(C)(C)C)NC(=O)[C@H](CCC(=O)OC(C)(C)C)NC(=O)[C@H](CCC(=O)OC(C)(C)C)NC(=O)[C@H](CCC(=O)OC(C)(C)C)NC(=O)[C@H](CCC(=O)OC(C)(C)C)NC(=O)[C@@H](N)CC(=O)OC(=O)OC(C)(C)C)C(=O)N[C@@H](CCC(=O)O)C(=O)O. The van der Waals surface area contributed by atoms with Crippen LogP contribution < -0.4 is 48.3 Å². The molecular formula is C77H127N9O30. The monoisotopic (exact) mass is 1660 g/mol. The van der Waals surface area contributed by atoms with Crippen LogP contribution in [0.25, 0.3) is 0 Å². The van der Waals surface area contributed by atoms with Crippen molar-refractivity contribution in [3.05, 3.63) is 0 Å². The molecule has 0 bridgehead atoms. The van der Waals surface area contributed by atoms with E-state index in [1.54, 1.807) is 20.8 Å². The number of carboxylic acid groups (broad SMARTS) is 2. The molecular weight excluding hydrogens is 1530 g/mol. The van der Waals surface area contributed by atoms with Crippen molar-refractivity contribution in [1.82, 2.24) is 42.5 Å². The molecule has 0 aromatic heterocycles. The number of amides is 8. The second kappa shape index (κ2) is 46.6. The van der Waals surface area contributed by atoms with Gasteiger partial charge in [0.25, 0.3) is 0 Å². The zero-order valence-electron chi connectivity index (χ0n) is 71.6. The fraction of sp³-hybridized carbons (Fsp3) is 0.753. The Morgan fingerprint density at radius 2 is 0.405 bits per heavy atom. The van der Waals surface area contributed by atoms with Crippen LogP contribution in [-0.4, -0.2) is 223 Å². The van der Waals surface area contributed by atoms with E-state index in [0.29, 0.717) is 0 Å². The minimum atomic E-state index is -2.02. The highest BCUT2D eigenvalue weighted by Crippen LogP contribution is 2.21. The predicted molar refractivity (Wildman–Crippen MR) is 410 cm³/mol. The Bertz CT molecular complexity index is 3460. The summed E-state index contributed by atoms with van der Waals surface area (Å²) in [6, 6.07) is -17.4. The number of esters is 8. The first-order valence-corrected chi connectivity index (χ1v) is 38.1. The molecule has 12 N–H and O–H groups in total. The average Bonchev–Trinajstić information content (AvgIpc) is 0.852. The standard InChI is InChI=1S/C77H127N9O30/c1-70(2,3)109-52(89)34-26-43(79-60(97)42(78)41-59(96)108-69(107)116-77(22,23)24)61(98)80-44(27-35-53(90)110-71(4,5)6)62(99)81-45(28-36-54(91)111-72(7,8)9)63(100)82-46(29-37-55(92)112-73(10,11)12)64(101)83-47(30-38-56(93)113-74(13,14)15)65(102)84-48(31-39-57(94)114-75(16,17)18)66(103)85-49(32-40-58(95)115-76(19,20)21)67(104)86-50(68(105)106)25-33-51(87)88/h42-50H,25-41,78H2,1-24H3,(H,79,97)(H,80,98)(H,81,99)(H,82,100)(H,83,101)(H,84,102)(H,85,103)(H,86,104)(H,87,88)(H,105,106)/t42-,43-,44-,45-,46-,47-,48-,49-,50-/m0/s1. The fourth-order valence-electron chi connectivity index (χ4n) is 9.85. The van der Waals surface area contributed by atoms with Crippen molar-refractivity contribution in [3.8, 4) is 0 Å². The van der Waals surface area contributed by atoms with Crippen LogP contribution in [0, 0.1) is 0 Å². The number of nitrogens with two attached hydrogens (primary N) is 1. The summed E-state index contributed by atoms with van der Waals surface area (Å²) in [7, 11) is 0. The van der Waals surface area contributed by atoms with E-state index in [4.69, 9.17) is 43.6 Å². The Labute approximate surface area is 677 Å². The van der Waals surface area contributed by atoms with Crippen LogP contribution in [0.1, 0.15) is 275 Å². The number of carboxylic acids is 2. The number of rotatable bonds is 43. The molecule has 0 radical (unpaired) electrons. The fourth-order valence-corrected chi connectivity index (χ4v) is 9.85. The van der Waals surface area contributed by atoms with Gasteiger partial charge in [-0.15, -0.1) is 0 Å². The number of hydrogen-bond donors (Lipinski definition) is 11. The van der Waals surface area contributed by atoms with Crippen molar-refractivity contribution >= 4 is 113 Å². The molecule has 9 atom stereocenters. The molecule has 39 nitrogen and oxygen atoms in total. The minimum Gasteiger partial charge on any atom is -0.481 e. The molecule has 0 rings (SSSR count). The van der Waals surface area contributed by atoms with E-state index in [1.165, 1.54) is 145 Å². The number of aliphatic carboxylic acids is 2. The largest absolute Gasteiger partial charge is 0.516 e. The molecule has 0 saturated heterocycles. The predicted octanol–water partition coefficient (Wildman–Crippen LogP) is 3.86. The summed E-state index contributed by atoms with van der Waals surface area (Å²) in [4.78, 5) is 260. The Balaban J connectivity index is 8.58. The van der Waals surface area contributed by atoms with Gasteiger partial charge in [-0.25, -0.2) is 9.59 Å². The van der Waals surface area contributed by atoms with Crippen LogP contribution in [0.3, 0.4) is 0 Å². The van der Waals surface area contributed by atoms with Crippen LogP contribution in [0.4, 0.5) is 4.79 Å². The van der Waals surface area contributed by atoms with E-state index in [9.17, 15) is 82.1 Å². The highest BCUT2D eigenvalue weighted by Gasteiger charge is 2.39. The summed E-state index contributed by atoms with van der Waals surface area (Å²) in [5, 5.41) is 38.1. The zero-order chi connectivity index (χ0) is 90.2. The van der Waals surface area contributed by atoms with Crippen LogP contribution in [0.5, 0.6) is 0 Å². The van der Waals surface area contributed by atoms with E-state index in [-0.39, 0.29) is 0 Å². The summed E-state index contributed by atoms with van der Waals surface area (Å²) >= 11 is 0. The van der Waals surface area contributed by atoms with Gasteiger partial charge in [0.2, 0.25) is 47.3 Å². The maximum absolute atomic E-state index is 15.2. The molecule has 0 heterocycles. The molecule has 0 spiro atoms. The van der Waals surface area contributed by atoms with E-state index in [0.717, 1.165) is 0 Å². The first-order chi connectivity index (χ1) is 52.5. The van der Waals surface area contributed by atoms with Gasteiger partial charge in [-0.1, -0.05) is 0 Å². The van der Waals surface area contributed by atoms with Crippen molar-refractivity contribution in [1.29, 1.82) is 0 Å². The lowest BCUT2D eigenvalue weighted by atomic mass is 10.0. The quantitative estimate of drug-likeness (QED) is 0.0234. The van der Waals surface area contributed by atoms with Crippen LogP contribution in [0.15, 0.2) is 0 Å². The number of carbonyl (C=O) groups excluding carboxylic acids is 17. The van der Waals surface area contributed by atoms with Crippen LogP contribution in [-0.2, 0) is 129 Å². The molecule has 39 heteroatoms. The lowest BCUT2D eigenvalue weighted by molar-refractivity contribution is -0.157. The first kappa shape index (κ1) is 106. The summed E-state index contributed by atoms with van der Waals surface area (Å²) in [6.07, 6.45) is -13.1. The van der Waals surface area contributed by atoms with Gasteiger partial charge in [-0.3, -0.25) is 81.5 Å². The third kappa shape index (κ3) is 51.7. The van der Waals surface area contributed by atoms with Gasteiger partial charge in [-0.05, 0) is 218 Å². The van der Waals surface area contributed by atoms with Crippen molar-refractivity contribution in [3.63, 3.8) is 0 Å². The molecule has 0 fully saturated rings. The Morgan fingerprint density at radius 1 is 0.241 bits per heavy atom. The topological polar surface area (TPSA) is 570 Å². The molecule has 0 unspecified atom stereocenters. The van der Waals surface area contributed by atoms with Crippen LogP contribution in [0.2, 0.25) is 0 Å². The van der Waals surface area contributed by atoms with Crippen molar-refractivity contribution < 1.29 is 144 Å². The van der Waals surface area contributed by atoms with Crippen molar-refractivity contribution in [2.45, 2.75) is 375 Å². The van der Waals surface area contributed by atoms with E-state index in [2.05, 4.69) is 47.3 Å². The summed E-state index contributed by atoms with van der Waals surface area (Å²) < 4.78 is 47.8. The van der Waals surface area contributed by atoms with Crippen LogP contribution >= 0.6 is 0 Å². The van der Waals surface area contributed by atoms with Gasteiger partial charge >= 0.3 is 65.8 Å². The summed E-state index contributed by atoms with van der Waals surface area (Å²) in [5.41, 5.74) is -2.84. The molecule has 660 valence electrons. The summed E-state index contributed by atoms with van der Waals surface area (Å²) in [6.45, 7) is 36.4. The average molecular weight is 1660 g/mol. The molecule has 0 aromatic carbocycles. The van der Waals surface area contributed by atoms with Crippen molar-refractivity contribution in [2.75, 3.05) is 0 Å². The van der Waals surface area contributed by atoms with Gasteiger partial charge in [0.15, 0.2) is 0 Å². The van der Waals surface area contributed by atoms with E-state index >= 15 is 19.2 Å². The number of nitrogens with one attached hydrogen (secondary N) is 8. The molecule has 0 aliphatic heterocycles. The van der Waals surface area contributed by atoms with Gasteiger partial charge in [0.05, 0.1) is 12.5 Å². The molecule has 0 aliphatic carbocycles. The highest BCUT2D eigenvalue weighted by atomic mass is 16.7. The molecule has 0 aromatic rings. The third-order valence-corrected chi connectivity index (χ3v) is 14.4. The number of hydrogen-bond acceptors (Lipinski definition) is 29. The number of carbonyl (C=O) groups is 19. The Morgan fingerprint density at radius 3 is 0.569 bits per heavy atom. The Hall–Kier alpha value is -10.1. The minimum absolute atomic E-state index is 0.597. The molecule has 0 aliphatic rings.